The summed E-state index contributed by atoms with van der Waals surface area (Å²) in [6.07, 6.45) is -0.904. The molecule has 78 valence electrons. The van der Waals surface area contributed by atoms with Crippen molar-refractivity contribution in [2.24, 2.45) is 0 Å². The second-order valence-electron chi connectivity index (χ2n) is 2.30. The molecule has 0 aliphatic rings. The van der Waals surface area contributed by atoms with Crippen molar-refractivity contribution in [3.8, 4) is 0 Å². The first-order valence-corrected chi connectivity index (χ1v) is 3.58. The van der Waals surface area contributed by atoms with E-state index in [0.29, 0.717) is 6.08 Å². The minimum Gasteiger partial charge on any atom is -0.258 e. The molecular formula is C8H8F3NO2. The Morgan fingerprint density at radius 1 is 1.57 bits per heavy atom. The van der Waals surface area contributed by atoms with Crippen LogP contribution in [-0.2, 0) is 0 Å². The zero-order valence-electron chi connectivity index (χ0n) is 7.12. The summed E-state index contributed by atoms with van der Waals surface area (Å²) in [5, 5.41) is 10.2. The quantitative estimate of drug-likeness (QED) is 0.395. The van der Waals surface area contributed by atoms with Crippen LogP contribution >= 0.6 is 0 Å². The van der Waals surface area contributed by atoms with Gasteiger partial charge in [-0.25, -0.2) is 13.2 Å². The average Bonchev–Trinajstić information content (AvgIpc) is 2.00. The van der Waals surface area contributed by atoms with Gasteiger partial charge in [0.15, 0.2) is 0 Å². The molecule has 0 rings (SSSR count). The molecule has 0 fully saturated rings. The number of rotatable bonds is 5. The Hall–Kier alpha value is -1.59. The van der Waals surface area contributed by atoms with Crippen molar-refractivity contribution < 1.29 is 18.1 Å². The molecule has 0 N–H and O–H groups in total. The van der Waals surface area contributed by atoms with E-state index in [1.807, 2.05) is 0 Å². The van der Waals surface area contributed by atoms with Crippen LogP contribution in [0.4, 0.5) is 13.2 Å². The van der Waals surface area contributed by atoms with Gasteiger partial charge in [0.25, 0.3) is 5.70 Å². The molecule has 0 radical (unpaired) electrons. The van der Waals surface area contributed by atoms with E-state index >= 15 is 0 Å². The molecule has 0 atom stereocenters. The molecule has 14 heavy (non-hydrogen) atoms. The molecule has 0 bridgehead atoms. The van der Waals surface area contributed by atoms with Crippen molar-refractivity contribution in [2.75, 3.05) is 0 Å². The van der Waals surface area contributed by atoms with Crippen LogP contribution in [0.1, 0.15) is 6.42 Å². The van der Waals surface area contributed by atoms with E-state index in [2.05, 4.69) is 6.58 Å². The molecule has 0 aliphatic heterocycles. The number of nitro groups is 1. The molecule has 0 aromatic heterocycles. The highest BCUT2D eigenvalue weighted by Crippen LogP contribution is 2.07. The molecule has 0 aliphatic carbocycles. The molecule has 0 amide bonds. The lowest BCUT2D eigenvalue weighted by Crippen LogP contribution is -1.96. The number of halogens is 3. The van der Waals surface area contributed by atoms with Gasteiger partial charge in [0.1, 0.15) is 5.83 Å². The van der Waals surface area contributed by atoms with E-state index in [1.54, 1.807) is 0 Å². The van der Waals surface area contributed by atoms with Crippen molar-refractivity contribution in [1.82, 2.24) is 0 Å². The van der Waals surface area contributed by atoms with Gasteiger partial charge in [-0.05, 0) is 0 Å². The van der Waals surface area contributed by atoms with Crippen LogP contribution in [0, 0.1) is 10.1 Å². The third-order valence-corrected chi connectivity index (χ3v) is 1.12. The van der Waals surface area contributed by atoms with Gasteiger partial charge in [-0.1, -0.05) is 12.7 Å². The van der Waals surface area contributed by atoms with Crippen molar-refractivity contribution in [2.45, 2.75) is 12.8 Å². The van der Waals surface area contributed by atoms with Crippen LogP contribution in [0.5, 0.6) is 0 Å². The van der Waals surface area contributed by atoms with Gasteiger partial charge >= 0.3 is 0 Å². The zero-order chi connectivity index (χ0) is 11.1. The smallest absolute Gasteiger partial charge is 0.258 e. The van der Waals surface area contributed by atoms with Crippen LogP contribution in [0.15, 0.2) is 36.3 Å². The fourth-order valence-electron chi connectivity index (χ4n) is 0.614. The predicted octanol–water partition coefficient (Wildman–Crippen LogP) is 2.84. The molecule has 0 unspecified atom stereocenters. The van der Waals surface area contributed by atoms with Crippen LogP contribution in [0.2, 0.25) is 0 Å². The third kappa shape index (κ3) is 5.99. The molecule has 0 aromatic carbocycles. The summed E-state index contributed by atoms with van der Waals surface area (Å²) in [6.45, 7) is 2.79. The highest BCUT2D eigenvalue weighted by atomic mass is 19.3. The monoisotopic (exact) mass is 207 g/mol. The summed E-state index contributed by atoms with van der Waals surface area (Å²) >= 11 is 0. The van der Waals surface area contributed by atoms with E-state index in [0.717, 1.165) is 12.2 Å². The SMILES string of the molecule is C=C(F)/C=C(\C=C/CC(F)F)[N+](=O)[O-]. The van der Waals surface area contributed by atoms with E-state index in [-0.39, 0.29) is 0 Å². The van der Waals surface area contributed by atoms with Crippen LogP contribution in [0.25, 0.3) is 0 Å². The Kier molecular flexibility index (Phi) is 5.28. The summed E-state index contributed by atoms with van der Waals surface area (Å²) in [5.74, 6) is -1.00. The van der Waals surface area contributed by atoms with Gasteiger partial charge in [-0.15, -0.1) is 0 Å². The Labute approximate surface area is 78.4 Å². The lowest BCUT2D eigenvalue weighted by molar-refractivity contribution is -0.419. The van der Waals surface area contributed by atoms with E-state index in [9.17, 15) is 23.3 Å². The first-order valence-electron chi connectivity index (χ1n) is 3.58. The van der Waals surface area contributed by atoms with Gasteiger partial charge in [0.2, 0.25) is 6.43 Å². The number of alkyl halides is 2. The minimum absolute atomic E-state index is 0.558. The molecule has 0 spiro atoms. The number of allylic oxidation sites excluding steroid dienone is 4. The second-order valence-corrected chi connectivity index (χ2v) is 2.30. The molecular weight excluding hydrogens is 199 g/mol. The van der Waals surface area contributed by atoms with Gasteiger partial charge in [-0.2, -0.15) is 0 Å². The van der Waals surface area contributed by atoms with Crippen LogP contribution in [0.3, 0.4) is 0 Å². The summed E-state index contributed by atoms with van der Waals surface area (Å²) in [6, 6.07) is 0. The summed E-state index contributed by atoms with van der Waals surface area (Å²) < 4.78 is 35.4. The molecule has 6 heteroatoms. The topological polar surface area (TPSA) is 43.1 Å². The Morgan fingerprint density at radius 3 is 2.50 bits per heavy atom. The number of nitrogens with zero attached hydrogens (tertiary/aromatic N) is 1. The van der Waals surface area contributed by atoms with E-state index in [4.69, 9.17) is 0 Å². The van der Waals surface area contributed by atoms with Crippen LogP contribution in [-0.4, -0.2) is 11.3 Å². The first-order chi connectivity index (χ1) is 6.43. The summed E-state index contributed by atoms with van der Waals surface area (Å²) in [4.78, 5) is 9.32. The van der Waals surface area contributed by atoms with Gasteiger partial charge < -0.3 is 0 Å². The van der Waals surface area contributed by atoms with Crippen LogP contribution < -0.4 is 0 Å². The fraction of sp³-hybridized carbons (Fsp3) is 0.250. The van der Waals surface area contributed by atoms with Crippen molar-refractivity contribution in [1.29, 1.82) is 0 Å². The van der Waals surface area contributed by atoms with E-state index in [1.165, 1.54) is 0 Å². The molecule has 0 aromatic rings. The molecule has 0 saturated carbocycles. The van der Waals surface area contributed by atoms with E-state index < -0.39 is 29.3 Å². The lowest BCUT2D eigenvalue weighted by atomic mass is 10.3. The minimum atomic E-state index is -2.58. The van der Waals surface area contributed by atoms with Gasteiger partial charge in [0, 0.05) is 12.5 Å². The molecule has 0 heterocycles. The number of hydrogen-bond acceptors (Lipinski definition) is 2. The summed E-state index contributed by atoms with van der Waals surface area (Å²) in [7, 11) is 0. The Bertz CT molecular complexity index is 284. The highest BCUT2D eigenvalue weighted by molar-refractivity contribution is 5.19. The lowest BCUT2D eigenvalue weighted by Gasteiger charge is -1.91. The summed E-state index contributed by atoms with van der Waals surface area (Å²) in [5.41, 5.74) is -0.613. The maximum absolute atomic E-state index is 12.1. The van der Waals surface area contributed by atoms with Crippen molar-refractivity contribution in [3.63, 3.8) is 0 Å². The predicted molar refractivity (Wildman–Crippen MR) is 45.1 cm³/mol. The second kappa shape index (κ2) is 5.95. The van der Waals surface area contributed by atoms with Gasteiger partial charge in [-0.3, -0.25) is 10.1 Å². The van der Waals surface area contributed by atoms with Crippen molar-refractivity contribution in [3.05, 3.63) is 46.4 Å². The average molecular weight is 207 g/mol. The third-order valence-electron chi connectivity index (χ3n) is 1.12. The van der Waals surface area contributed by atoms with Crippen molar-refractivity contribution >= 4 is 0 Å². The first kappa shape index (κ1) is 12.4. The molecule has 0 saturated heterocycles. The Morgan fingerprint density at radius 2 is 2.14 bits per heavy atom. The maximum Gasteiger partial charge on any atom is 0.272 e. The molecule has 3 nitrogen and oxygen atoms in total. The zero-order valence-corrected chi connectivity index (χ0v) is 7.12. The fourth-order valence-corrected chi connectivity index (χ4v) is 0.614. The largest absolute Gasteiger partial charge is 0.272 e. The Balaban J connectivity index is 4.47. The maximum atomic E-state index is 12.1. The standard InChI is InChI=1S/C8H8F3NO2/c1-6(9)5-7(12(13)14)3-2-4-8(10)11/h2-3,5,8H,1,4H2/b3-2-,7-5+. The highest BCUT2D eigenvalue weighted by Gasteiger charge is 2.07. The van der Waals surface area contributed by atoms with Gasteiger partial charge in [0.05, 0.1) is 11.0 Å². The number of hydrogen-bond donors (Lipinski definition) is 0. The normalized spacial score (nSPS) is 12.4.